The fourth-order valence-corrected chi connectivity index (χ4v) is 1.18. The average molecular weight is 225 g/mol. The highest BCUT2D eigenvalue weighted by molar-refractivity contribution is 9.10. The molecule has 0 aromatic carbocycles. The van der Waals surface area contributed by atoms with E-state index in [0.29, 0.717) is 5.82 Å². The van der Waals surface area contributed by atoms with Gasteiger partial charge in [0.15, 0.2) is 5.82 Å². The van der Waals surface area contributed by atoms with Gasteiger partial charge in [0.25, 0.3) is 0 Å². The van der Waals surface area contributed by atoms with Crippen LogP contribution in [0, 0.1) is 0 Å². The molecule has 0 aliphatic heterocycles. The van der Waals surface area contributed by atoms with Gasteiger partial charge in [-0.05, 0) is 28.1 Å². The standard InChI is InChI=1S/C7H5BrN4/c8-6-2-1-3-7(11-6)12-9-4-5-10-12/h1-5H. The summed E-state index contributed by atoms with van der Waals surface area (Å²) >= 11 is 3.27. The monoisotopic (exact) mass is 224 g/mol. The Hall–Kier alpha value is -1.23. The molecule has 0 aliphatic rings. The molecule has 0 aliphatic carbocycles. The van der Waals surface area contributed by atoms with Gasteiger partial charge in [0.05, 0.1) is 12.4 Å². The minimum Gasteiger partial charge on any atom is -0.220 e. The third kappa shape index (κ3) is 1.35. The van der Waals surface area contributed by atoms with E-state index in [0.717, 1.165) is 4.60 Å². The van der Waals surface area contributed by atoms with Crippen LogP contribution >= 0.6 is 15.9 Å². The van der Waals surface area contributed by atoms with Crippen molar-refractivity contribution >= 4 is 15.9 Å². The summed E-state index contributed by atoms with van der Waals surface area (Å²) in [6, 6.07) is 5.58. The molecular weight excluding hydrogens is 220 g/mol. The Bertz CT molecular complexity index is 371. The summed E-state index contributed by atoms with van der Waals surface area (Å²) in [5.41, 5.74) is 0. The Morgan fingerprint density at radius 2 is 1.92 bits per heavy atom. The predicted molar refractivity (Wildman–Crippen MR) is 46.9 cm³/mol. The van der Waals surface area contributed by atoms with Gasteiger partial charge in [-0.2, -0.15) is 10.2 Å². The van der Waals surface area contributed by atoms with E-state index in [4.69, 9.17) is 0 Å². The maximum absolute atomic E-state index is 4.17. The molecule has 0 atom stereocenters. The van der Waals surface area contributed by atoms with Gasteiger partial charge in [-0.25, -0.2) is 4.98 Å². The van der Waals surface area contributed by atoms with Crippen molar-refractivity contribution in [2.45, 2.75) is 0 Å². The predicted octanol–water partition coefficient (Wildman–Crippen LogP) is 1.42. The van der Waals surface area contributed by atoms with Gasteiger partial charge in [-0.3, -0.25) is 0 Å². The van der Waals surface area contributed by atoms with Crippen LogP contribution in [0.25, 0.3) is 5.82 Å². The molecule has 2 aromatic heterocycles. The normalized spacial score (nSPS) is 10.1. The molecule has 0 saturated carbocycles. The topological polar surface area (TPSA) is 43.6 Å². The van der Waals surface area contributed by atoms with Crippen LogP contribution < -0.4 is 0 Å². The van der Waals surface area contributed by atoms with E-state index in [1.165, 1.54) is 4.80 Å². The Morgan fingerprint density at radius 1 is 1.17 bits per heavy atom. The summed E-state index contributed by atoms with van der Waals surface area (Å²) in [7, 11) is 0. The van der Waals surface area contributed by atoms with E-state index in [1.807, 2.05) is 18.2 Å². The van der Waals surface area contributed by atoms with E-state index in [2.05, 4.69) is 31.1 Å². The lowest BCUT2D eigenvalue weighted by Gasteiger charge is -1.96. The second-order valence-corrected chi connectivity index (χ2v) is 2.95. The molecule has 0 bridgehead atoms. The first-order valence-corrected chi connectivity index (χ1v) is 4.15. The first kappa shape index (κ1) is 7.42. The van der Waals surface area contributed by atoms with Gasteiger partial charge in [0, 0.05) is 0 Å². The summed E-state index contributed by atoms with van der Waals surface area (Å²) in [6.45, 7) is 0. The van der Waals surface area contributed by atoms with Crippen LogP contribution in [0.2, 0.25) is 0 Å². The highest BCUT2D eigenvalue weighted by atomic mass is 79.9. The summed E-state index contributed by atoms with van der Waals surface area (Å²) < 4.78 is 0.775. The third-order valence-electron chi connectivity index (χ3n) is 1.32. The van der Waals surface area contributed by atoms with E-state index >= 15 is 0 Å². The molecule has 2 rings (SSSR count). The second-order valence-electron chi connectivity index (χ2n) is 2.14. The summed E-state index contributed by atoms with van der Waals surface area (Å²) in [4.78, 5) is 5.63. The minimum atomic E-state index is 0.703. The average Bonchev–Trinajstić information content (AvgIpc) is 2.56. The van der Waals surface area contributed by atoms with Crippen LogP contribution in [-0.4, -0.2) is 20.0 Å². The molecule has 2 aromatic rings. The van der Waals surface area contributed by atoms with Gasteiger partial charge in [0.1, 0.15) is 4.60 Å². The van der Waals surface area contributed by atoms with Gasteiger partial charge in [-0.1, -0.05) is 6.07 Å². The zero-order valence-corrected chi connectivity index (χ0v) is 7.64. The van der Waals surface area contributed by atoms with Crippen LogP contribution in [0.4, 0.5) is 0 Å². The van der Waals surface area contributed by atoms with Crippen molar-refractivity contribution in [2.75, 3.05) is 0 Å². The maximum atomic E-state index is 4.17. The molecule has 0 N–H and O–H groups in total. The van der Waals surface area contributed by atoms with Crippen molar-refractivity contribution in [3.05, 3.63) is 35.2 Å². The largest absolute Gasteiger partial charge is 0.220 e. The van der Waals surface area contributed by atoms with Gasteiger partial charge in [-0.15, -0.1) is 4.80 Å². The number of pyridine rings is 1. The Kier molecular flexibility index (Phi) is 1.87. The Balaban J connectivity index is 2.48. The summed E-state index contributed by atoms with van der Waals surface area (Å²) in [6.07, 6.45) is 3.23. The lowest BCUT2D eigenvalue weighted by molar-refractivity contribution is 0.727. The molecule has 2 heterocycles. The zero-order valence-electron chi connectivity index (χ0n) is 6.05. The highest BCUT2D eigenvalue weighted by Gasteiger charge is 1.97. The minimum absolute atomic E-state index is 0.703. The lowest BCUT2D eigenvalue weighted by atomic mass is 10.5. The van der Waals surface area contributed by atoms with Crippen LogP contribution in [-0.2, 0) is 0 Å². The van der Waals surface area contributed by atoms with Crippen molar-refractivity contribution in [3.8, 4) is 5.82 Å². The molecule has 5 heteroatoms. The number of hydrogen-bond donors (Lipinski definition) is 0. The smallest absolute Gasteiger partial charge is 0.175 e. The Morgan fingerprint density at radius 3 is 2.58 bits per heavy atom. The first-order valence-electron chi connectivity index (χ1n) is 3.35. The van der Waals surface area contributed by atoms with Gasteiger partial charge >= 0.3 is 0 Å². The number of aromatic nitrogens is 4. The number of rotatable bonds is 1. The fourth-order valence-electron chi connectivity index (χ4n) is 0.843. The van der Waals surface area contributed by atoms with Crippen LogP contribution in [0.1, 0.15) is 0 Å². The second kappa shape index (κ2) is 3.02. The maximum Gasteiger partial charge on any atom is 0.175 e. The van der Waals surface area contributed by atoms with E-state index in [9.17, 15) is 0 Å². The summed E-state index contributed by atoms with van der Waals surface area (Å²) in [5, 5.41) is 7.90. The van der Waals surface area contributed by atoms with E-state index in [-0.39, 0.29) is 0 Å². The van der Waals surface area contributed by atoms with Crippen LogP contribution in [0.15, 0.2) is 35.2 Å². The fraction of sp³-hybridized carbons (Fsp3) is 0. The van der Waals surface area contributed by atoms with Crippen LogP contribution in [0.3, 0.4) is 0 Å². The molecule has 0 radical (unpaired) electrons. The molecule has 60 valence electrons. The molecular formula is C7H5BrN4. The van der Waals surface area contributed by atoms with Crippen molar-refractivity contribution in [1.29, 1.82) is 0 Å². The van der Waals surface area contributed by atoms with E-state index in [1.54, 1.807) is 12.4 Å². The van der Waals surface area contributed by atoms with Gasteiger partial charge < -0.3 is 0 Å². The molecule has 12 heavy (non-hydrogen) atoms. The molecule has 0 amide bonds. The lowest BCUT2D eigenvalue weighted by Crippen LogP contribution is -2.00. The summed E-state index contributed by atoms with van der Waals surface area (Å²) in [5.74, 6) is 0.703. The van der Waals surface area contributed by atoms with Crippen molar-refractivity contribution in [3.63, 3.8) is 0 Å². The zero-order chi connectivity index (χ0) is 8.39. The highest BCUT2D eigenvalue weighted by Crippen LogP contribution is 2.07. The van der Waals surface area contributed by atoms with Crippen LogP contribution in [0.5, 0.6) is 0 Å². The quantitative estimate of drug-likeness (QED) is 0.689. The van der Waals surface area contributed by atoms with E-state index < -0.39 is 0 Å². The first-order chi connectivity index (χ1) is 5.86. The number of halogens is 1. The van der Waals surface area contributed by atoms with Crippen molar-refractivity contribution in [1.82, 2.24) is 20.0 Å². The molecule has 0 saturated heterocycles. The molecule has 0 fully saturated rings. The molecule has 0 unspecified atom stereocenters. The van der Waals surface area contributed by atoms with Gasteiger partial charge in [0.2, 0.25) is 0 Å². The molecule has 4 nitrogen and oxygen atoms in total. The SMILES string of the molecule is Brc1cccc(-n2nccn2)n1. The number of nitrogens with zero attached hydrogens (tertiary/aromatic N) is 4. The third-order valence-corrected chi connectivity index (χ3v) is 1.77. The Labute approximate surface area is 77.4 Å². The van der Waals surface area contributed by atoms with Crippen molar-refractivity contribution < 1.29 is 0 Å². The number of hydrogen-bond acceptors (Lipinski definition) is 3. The molecule has 0 spiro atoms. The van der Waals surface area contributed by atoms with Crippen molar-refractivity contribution in [2.24, 2.45) is 0 Å².